The second kappa shape index (κ2) is 4.28. The highest BCUT2D eigenvalue weighted by Crippen LogP contribution is 2.39. The lowest BCUT2D eigenvalue weighted by atomic mass is 9.72. The van der Waals surface area contributed by atoms with Gasteiger partial charge in [0.05, 0.1) is 5.52 Å². The van der Waals surface area contributed by atoms with E-state index in [1.54, 1.807) is 0 Å². The van der Waals surface area contributed by atoms with Crippen LogP contribution < -0.4 is 5.32 Å². The Morgan fingerprint density at radius 2 is 2.05 bits per heavy atom. The highest BCUT2D eigenvalue weighted by Gasteiger charge is 2.45. The number of amides is 1. The molecular weight excluding hydrogens is 254 g/mol. The standard InChI is InChI=1S/C14H17N5O/c20-13(10-1-2-11-12(7-10)17-18-16-11)19-8-14(9-19)3-5-15-6-4-14/h1-2,7,15H,3-6,8-9H2,(H,16,17,18). The molecule has 1 aromatic carbocycles. The third-order valence-corrected chi connectivity index (χ3v) is 4.58. The summed E-state index contributed by atoms with van der Waals surface area (Å²) in [5.41, 5.74) is 2.68. The number of hydrogen-bond acceptors (Lipinski definition) is 4. The average Bonchev–Trinajstić information content (AvgIpc) is 2.92. The molecule has 2 aliphatic heterocycles. The number of hydrogen-bond donors (Lipinski definition) is 2. The number of nitrogens with zero attached hydrogens (tertiary/aromatic N) is 3. The van der Waals surface area contributed by atoms with Crippen LogP contribution >= 0.6 is 0 Å². The molecule has 2 saturated heterocycles. The van der Waals surface area contributed by atoms with E-state index in [9.17, 15) is 4.79 Å². The van der Waals surface area contributed by atoms with Crippen LogP contribution in [0.1, 0.15) is 23.2 Å². The predicted molar refractivity (Wildman–Crippen MR) is 74.3 cm³/mol. The van der Waals surface area contributed by atoms with Gasteiger partial charge in [0.1, 0.15) is 5.52 Å². The number of likely N-dealkylation sites (tertiary alicyclic amines) is 1. The zero-order chi connectivity index (χ0) is 13.6. The Bertz CT molecular complexity index is 650. The van der Waals surface area contributed by atoms with E-state index in [2.05, 4.69) is 20.7 Å². The summed E-state index contributed by atoms with van der Waals surface area (Å²) in [6.45, 7) is 3.94. The number of aromatic amines is 1. The van der Waals surface area contributed by atoms with Gasteiger partial charge in [-0.05, 0) is 44.1 Å². The van der Waals surface area contributed by atoms with Crippen LogP contribution in [0, 0.1) is 5.41 Å². The second-order valence-electron chi connectivity index (χ2n) is 5.95. The van der Waals surface area contributed by atoms with Crippen molar-refractivity contribution in [3.8, 4) is 0 Å². The number of fused-ring (bicyclic) bond motifs is 1. The second-order valence-corrected chi connectivity index (χ2v) is 5.95. The van der Waals surface area contributed by atoms with Gasteiger partial charge in [-0.3, -0.25) is 9.89 Å². The molecule has 2 fully saturated rings. The Kier molecular flexibility index (Phi) is 2.53. The Morgan fingerprint density at radius 3 is 2.85 bits per heavy atom. The number of piperidine rings is 1. The molecule has 1 aromatic heterocycles. The molecule has 6 heteroatoms. The zero-order valence-corrected chi connectivity index (χ0v) is 11.2. The van der Waals surface area contributed by atoms with Crippen LogP contribution in [0.4, 0.5) is 0 Å². The van der Waals surface area contributed by atoms with Crippen molar-refractivity contribution in [1.82, 2.24) is 25.6 Å². The minimum absolute atomic E-state index is 0.110. The van der Waals surface area contributed by atoms with Crippen LogP contribution in [-0.4, -0.2) is 52.4 Å². The molecule has 6 nitrogen and oxygen atoms in total. The van der Waals surface area contributed by atoms with Crippen molar-refractivity contribution in [2.45, 2.75) is 12.8 Å². The maximum absolute atomic E-state index is 12.5. The first kappa shape index (κ1) is 11.8. The first-order valence-corrected chi connectivity index (χ1v) is 7.07. The molecule has 2 aromatic rings. The molecule has 2 N–H and O–H groups in total. The van der Waals surface area contributed by atoms with Crippen LogP contribution in [0.3, 0.4) is 0 Å². The van der Waals surface area contributed by atoms with Crippen molar-refractivity contribution in [2.24, 2.45) is 5.41 Å². The fraction of sp³-hybridized carbons (Fsp3) is 0.500. The van der Waals surface area contributed by atoms with Crippen molar-refractivity contribution in [3.63, 3.8) is 0 Å². The third kappa shape index (κ3) is 1.79. The molecule has 0 saturated carbocycles. The van der Waals surface area contributed by atoms with Crippen molar-refractivity contribution in [1.29, 1.82) is 0 Å². The molecule has 0 bridgehead atoms. The SMILES string of the molecule is O=C(c1ccc2[nH]nnc2c1)N1CC2(CCNCC2)C1. The van der Waals surface area contributed by atoms with Crippen molar-refractivity contribution < 1.29 is 4.79 Å². The summed E-state index contributed by atoms with van der Waals surface area (Å²) in [5.74, 6) is 0.110. The summed E-state index contributed by atoms with van der Waals surface area (Å²) in [6.07, 6.45) is 2.36. The van der Waals surface area contributed by atoms with E-state index in [0.717, 1.165) is 37.2 Å². The molecular formula is C14H17N5O. The number of carbonyl (C=O) groups excluding carboxylic acids is 1. The van der Waals surface area contributed by atoms with Crippen LogP contribution in [-0.2, 0) is 0 Å². The Balaban J connectivity index is 1.50. The third-order valence-electron chi connectivity index (χ3n) is 4.58. The van der Waals surface area contributed by atoms with Crippen LogP contribution in [0.2, 0.25) is 0 Å². The summed E-state index contributed by atoms with van der Waals surface area (Å²) in [5, 5.41) is 13.9. The Morgan fingerprint density at radius 1 is 1.25 bits per heavy atom. The molecule has 0 aliphatic carbocycles. The molecule has 104 valence electrons. The molecule has 1 spiro atoms. The first-order valence-electron chi connectivity index (χ1n) is 7.07. The number of rotatable bonds is 1. The summed E-state index contributed by atoms with van der Waals surface area (Å²) in [6, 6.07) is 5.52. The van der Waals surface area contributed by atoms with Crippen molar-refractivity contribution >= 4 is 16.9 Å². The van der Waals surface area contributed by atoms with E-state index in [4.69, 9.17) is 0 Å². The number of carbonyl (C=O) groups is 1. The number of nitrogens with one attached hydrogen (secondary N) is 2. The van der Waals surface area contributed by atoms with Crippen LogP contribution in [0.15, 0.2) is 18.2 Å². The van der Waals surface area contributed by atoms with Crippen molar-refractivity contribution in [2.75, 3.05) is 26.2 Å². The van der Waals surface area contributed by atoms with Crippen LogP contribution in [0.25, 0.3) is 11.0 Å². The molecule has 0 atom stereocenters. The van der Waals surface area contributed by atoms with Crippen LogP contribution in [0.5, 0.6) is 0 Å². The van der Waals surface area contributed by atoms with Gasteiger partial charge < -0.3 is 10.2 Å². The lowest BCUT2D eigenvalue weighted by Crippen LogP contribution is -2.61. The highest BCUT2D eigenvalue weighted by atomic mass is 16.2. The Hall–Kier alpha value is -1.95. The highest BCUT2D eigenvalue weighted by molar-refractivity contribution is 5.97. The minimum atomic E-state index is 0.110. The summed E-state index contributed by atoms with van der Waals surface area (Å²) < 4.78 is 0. The predicted octanol–water partition coefficient (Wildman–Crippen LogP) is 0.783. The Labute approximate surface area is 116 Å². The summed E-state index contributed by atoms with van der Waals surface area (Å²) in [4.78, 5) is 14.4. The fourth-order valence-corrected chi connectivity index (χ4v) is 3.34. The molecule has 4 rings (SSSR count). The molecule has 3 heterocycles. The molecule has 0 unspecified atom stereocenters. The quantitative estimate of drug-likeness (QED) is 0.804. The van der Waals surface area contributed by atoms with Gasteiger partial charge in [-0.2, -0.15) is 0 Å². The molecule has 20 heavy (non-hydrogen) atoms. The first-order chi connectivity index (χ1) is 9.76. The lowest BCUT2D eigenvalue weighted by molar-refractivity contribution is -0.0113. The minimum Gasteiger partial charge on any atom is -0.337 e. The summed E-state index contributed by atoms with van der Waals surface area (Å²) >= 11 is 0. The van der Waals surface area contributed by atoms with Crippen molar-refractivity contribution in [3.05, 3.63) is 23.8 Å². The fourth-order valence-electron chi connectivity index (χ4n) is 3.34. The van der Waals surface area contributed by atoms with Gasteiger partial charge in [0.25, 0.3) is 5.91 Å². The number of aromatic nitrogens is 3. The van der Waals surface area contributed by atoms with Gasteiger partial charge in [-0.1, -0.05) is 5.21 Å². The largest absolute Gasteiger partial charge is 0.337 e. The van der Waals surface area contributed by atoms with E-state index in [1.165, 1.54) is 12.8 Å². The van der Waals surface area contributed by atoms with E-state index in [1.807, 2.05) is 23.1 Å². The normalized spacial score (nSPS) is 21.1. The summed E-state index contributed by atoms with van der Waals surface area (Å²) in [7, 11) is 0. The van der Waals surface area contributed by atoms with Gasteiger partial charge in [0, 0.05) is 24.1 Å². The van der Waals surface area contributed by atoms with Gasteiger partial charge in [0.15, 0.2) is 0 Å². The number of benzene rings is 1. The maximum atomic E-state index is 12.5. The van der Waals surface area contributed by atoms with Gasteiger partial charge in [-0.25, -0.2) is 0 Å². The lowest BCUT2D eigenvalue weighted by Gasteiger charge is -2.52. The smallest absolute Gasteiger partial charge is 0.253 e. The van der Waals surface area contributed by atoms with E-state index >= 15 is 0 Å². The monoisotopic (exact) mass is 271 g/mol. The van der Waals surface area contributed by atoms with Gasteiger partial charge in [0.2, 0.25) is 0 Å². The zero-order valence-electron chi connectivity index (χ0n) is 11.2. The van der Waals surface area contributed by atoms with E-state index < -0.39 is 0 Å². The maximum Gasteiger partial charge on any atom is 0.253 e. The van der Waals surface area contributed by atoms with Gasteiger partial charge >= 0.3 is 0 Å². The molecule has 1 amide bonds. The van der Waals surface area contributed by atoms with E-state index in [0.29, 0.717) is 11.0 Å². The topological polar surface area (TPSA) is 73.9 Å². The number of H-pyrrole nitrogens is 1. The van der Waals surface area contributed by atoms with Gasteiger partial charge in [-0.15, -0.1) is 5.10 Å². The van der Waals surface area contributed by atoms with E-state index in [-0.39, 0.29) is 5.91 Å². The molecule has 0 radical (unpaired) electrons. The molecule has 2 aliphatic rings. The average molecular weight is 271 g/mol.